The van der Waals surface area contributed by atoms with Crippen molar-refractivity contribution in [3.8, 4) is 0 Å². The van der Waals surface area contributed by atoms with Crippen molar-refractivity contribution in [1.82, 2.24) is 0 Å². The van der Waals surface area contributed by atoms with Crippen LogP contribution in [0.2, 0.25) is 0 Å². The molecule has 48 heavy (non-hydrogen) atoms. The van der Waals surface area contributed by atoms with Crippen molar-refractivity contribution in [2.45, 2.75) is 129 Å². The summed E-state index contributed by atoms with van der Waals surface area (Å²) in [6.45, 7) is 13.1. The van der Waals surface area contributed by atoms with E-state index < -0.39 is 98.9 Å². The predicted molar refractivity (Wildman–Crippen MR) is 165 cm³/mol. The largest absolute Gasteiger partial charge is 0.472 e. The zero-order chi connectivity index (χ0) is 35.0. The van der Waals surface area contributed by atoms with Crippen LogP contribution in [0.25, 0.3) is 0 Å². The SMILES string of the molecule is CCC(C)C(=O)OC1(C)OCC23C(O)C(OC(C)=O)C(OC(C)=O)C1(C)C2CCC1(C)C3C(=O)C(O)C2(C)C(c3ccoc3)CC3OC312. The lowest BCUT2D eigenvalue weighted by Crippen LogP contribution is -2.84. The molecule has 4 saturated carbocycles. The molecule has 2 saturated heterocycles. The van der Waals surface area contributed by atoms with E-state index in [1.165, 1.54) is 13.8 Å². The van der Waals surface area contributed by atoms with Crippen molar-refractivity contribution in [2.24, 2.45) is 39.4 Å². The Bertz CT molecular complexity index is 1540. The molecule has 2 aliphatic heterocycles. The van der Waals surface area contributed by atoms with Gasteiger partial charge in [-0.25, -0.2) is 0 Å². The minimum absolute atomic E-state index is 0.212. The molecule has 6 fully saturated rings. The van der Waals surface area contributed by atoms with E-state index >= 15 is 4.79 Å². The number of aliphatic hydroxyl groups is 2. The van der Waals surface area contributed by atoms with E-state index in [4.69, 9.17) is 28.1 Å². The van der Waals surface area contributed by atoms with E-state index in [2.05, 4.69) is 0 Å². The van der Waals surface area contributed by atoms with E-state index in [-0.39, 0.29) is 18.6 Å². The van der Waals surface area contributed by atoms with Gasteiger partial charge in [-0.1, -0.05) is 27.7 Å². The molecule has 0 radical (unpaired) electrons. The highest BCUT2D eigenvalue weighted by atomic mass is 16.7. The van der Waals surface area contributed by atoms with Gasteiger partial charge < -0.3 is 38.3 Å². The fraction of sp³-hybridized carbons (Fsp3) is 0.778. The number of hydrogen-bond donors (Lipinski definition) is 2. The van der Waals surface area contributed by atoms with Crippen LogP contribution < -0.4 is 0 Å². The number of ketones is 1. The zero-order valence-corrected chi connectivity index (χ0v) is 28.9. The molecule has 0 aromatic carbocycles. The molecule has 1 aromatic heterocycles. The van der Waals surface area contributed by atoms with Crippen molar-refractivity contribution < 1.29 is 57.5 Å². The Morgan fingerprint density at radius 2 is 1.75 bits per heavy atom. The smallest absolute Gasteiger partial charge is 0.311 e. The van der Waals surface area contributed by atoms with Crippen LogP contribution in [0.5, 0.6) is 0 Å². The summed E-state index contributed by atoms with van der Waals surface area (Å²) < 4.78 is 36.7. The summed E-state index contributed by atoms with van der Waals surface area (Å²) in [5.41, 5.74) is -4.77. The van der Waals surface area contributed by atoms with Crippen LogP contribution in [-0.2, 0) is 42.9 Å². The Kier molecular flexibility index (Phi) is 7.28. The molecule has 2 N–H and O–H groups in total. The Labute approximate surface area is 280 Å². The molecule has 1 aromatic rings. The van der Waals surface area contributed by atoms with E-state index in [0.29, 0.717) is 25.7 Å². The maximum Gasteiger partial charge on any atom is 0.311 e. The highest BCUT2D eigenvalue weighted by Crippen LogP contribution is 2.83. The number of rotatable bonds is 6. The van der Waals surface area contributed by atoms with E-state index in [0.717, 1.165) is 5.56 Å². The molecule has 6 aliphatic rings. The fourth-order valence-electron chi connectivity index (χ4n) is 11.9. The number of furan rings is 1. The quantitative estimate of drug-likeness (QED) is 0.257. The number of carbonyl (C=O) groups is 4. The molecule has 15 atom stereocenters. The summed E-state index contributed by atoms with van der Waals surface area (Å²) in [5, 5.41) is 24.9. The van der Waals surface area contributed by atoms with Gasteiger partial charge in [0.2, 0.25) is 5.79 Å². The second kappa shape index (κ2) is 10.4. The maximum absolute atomic E-state index is 15.1. The van der Waals surface area contributed by atoms with Crippen LogP contribution in [0, 0.1) is 39.4 Å². The van der Waals surface area contributed by atoms with Gasteiger partial charge in [-0.05, 0) is 50.2 Å². The standard InChI is InChI=1S/C36H48O12/c1-9-17(2)30(42)48-34(8)33(7)22-10-12-31(5)26(35(22,16-44-34)28(41)25(45-18(3)37)29(33)46-19(4)38)24(39)27(40)32(6)21(20-11-13-43-15-20)14-23-36(31,32)47-23/h11,13,15,17,21-23,25-29,40-41H,9-10,12,14,16H2,1-8H3. The number of esters is 3. The lowest BCUT2D eigenvalue weighted by Gasteiger charge is -2.74. The number of aliphatic hydroxyl groups excluding tert-OH is 2. The molecule has 264 valence electrons. The predicted octanol–water partition coefficient (Wildman–Crippen LogP) is 3.45. The average Bonchev–Trinajstić information content (AvgIpc) is 3.39. The Morgan fingerprint density at radius 1 is 1.06 bits per heavy atom. The first-order valence-corrected chi connectivity index (χ1v) is 17.2. The fourth-order valence-corrected chi connectivity index (χ4v) is 11.9. The molecule has 0 amide bonds. The molecular formula is C36H48O12. The minimum atomic E-state index is -1.71. The van der Waals surface area contributed by atoms with Crippen molar-refractivity contribution >= 4 is 23.7 Å². The van der Waals surface area contributed by atoms with Crippen molar-refractivity contribution in [1.29, 1.82) is 0 Å². The number of fused-ring (bicyclic) bond motifs is 1. The third-order valence-corrected chi connectivity index (χ3v) is 14.3. The molecule has 15 unspecified atom stereocenters. The van der Waals surface area contributed by atoms with Gasteiger partial charge in [0.15, 0.2) is 18.0 Å². The molecule has 2 bridgehead atoms. The summed E-state index contributed by atoms with van der Waals surface area (Å²) in [6.07, 6.45) is -0.792. The zero-order valence-electron chi connectivity index (χ0n) is 28.9. The molecular weight excluding hydrogens is 624 g/mol. The third kappa shape index (κ3) is 3.70. The van der Waals surface area contributed by atoms with Crippen LogP contribution >= 0.6 is 0 Å². The normalized spacial score (nSPS) is 50.6. The van der Waals surface area contributed by atoms with Gasteiger partial charge in [-0.3, -0.25) is 19.2 Å². The lowest BCUT2D eigenvalue weighted by molar-refractivity contribution is -0.418. The van der Waals surface area contributed by atoms with Crippen LogP contribution in [0.3, 0.4) is 0 Å². The van der Waals surface area contributed by atoms with Crippen LogP contribution in [0.1, 0.15) is 92.6 Å². The van der Waals surface area contributed by atoms with Crippen LogP contribution in [0.15, 0.2) is 23.0 Å². The number of carbonyl (C=O) groups excluding carboxylic acids is 4. The first-order chi connectivity index (χ1) is 22.4. The Morgan fingerprint density at radius 3 is 2.35 bits per heavy atom. The van der Waals surface area contributed by atoms with E-state index in [1.807, 2.05) is 26.8 Å². The number of Topliss-reactive ketones (excluding diaryl/α,β-unsaturated/α-hetero) is 1. The summed E-state index contributed by atoms with van der Waals surface area (Å²) in [5.74, 6) is -6.43. The lowest BCUT2D eigenvalue weighted by atomic mass is 9.33. The second-order valence-electron chi connectivity index (χ2n) is 16.1. The summed E-state index contributed by atoms with van der Waals surface area (Å²) in [6, 6.07) is 1.86. The highest BCUT2D eigenvalue weighted by molar-refractivity contribution is 5.91. The van der Waals surface area contributed by atoms with Crippen molar-refractivity contribution in [3.63, 3.8) is 0 Å². The summed E-state index contributed by atoms with van der Waals surface area (Å²) in [7, 11) is 0. The van der Waals surface area contributed by atoms with Crippen molar-refractivity contribution in [3.05, 3.63) is 24.2 Å². The summed E-state index contributed by atoms with van der Waals surface area (Å²) in [4.78, 5) is 53.9. The highest BCUT2D eigenvalue weighted by Gasteiger charge is 2.91. The van der Waals surface area contributed by atoms with Gasteiger partial charge in [-0.2, -0.15) is 0 Å². The number of epoxide rings is 1. The Balaban J connectivity index is 1.42. The Hall–Kier alpha value is -2.80. The van der Waals surface area contributed by atoms with Crippen molar-refractivity contribution in [2.75, 3.05) is 6.61 Å². The van der Waals surface area contributed by atoms with Gasteiger partial charge in [0.25, 0.3) is 0 Å². The minimum Gasteiger partial charge on any atom is -0.472 e. The van der Waals surface area contributed by atoms with E-state index in [1.54, 1.807) is 33.3 Å². The van der Waals surface area contributed by atoms with Gasteiger partial charge in [-0.15, -0.1) is 0 Å². The molecule has 3 heterocycles. The van der Waals surface area contributed by atoms with Gasteiger partial charge in [0, 0.05) is 48.9 Å². The third-order valence-electron chi connectivity index (χ3n) is 14.3. The molecule has 7 rings (SSSR count). The maximum atomic E-state index is 15.1. The number of ether oxygens (including phenoxy) is 5. The van der Waals surface area contributed by atoms with Crippen LogP contribution in [-0.4, -0.2) is 82.4 Å². The first kappa shape index (κ1) is 33.7. The van der Waals surface area contributed by atoms with E-state index in [9.17, 15) is 24.6 Å². The molecule has 12 nitrogen and oxygen atoms in total. The van der Waals surface area contributed by atoms with Crippen LogP contribution in [0.4, 0.5) is 0 Å². The first-order valence-electron chi connectivity index (χ1n) is 17.2. The van der Waals surface area contributed by atoms with Gasteiger partial charge in [0.1, 0.15) is 17.8 Å². The van der Waals surface area contributed by atoms with Gasteiger partial charge in [0.05, 0.1) is 36.6 Å². The molecule has 12 heteroatoms. The topological polar surface area (TPSA) is 171 Å². The average molecular weight is 673 g/mol. The summed E-state index contributed by atoms with van der Waals surface area (Å²) >= 11 is 0. The van der Waals surface area contributed by atoms with Gasteiger partial charge >= 0.3 is 17.9 Å². The molecule has 1 spiro atoms. The number of hydrogen-bond acceptors (Lipinski definition) is 12. The molecule has 4 aliphatic carbocycles. The second-order valence-corrected chi connectivity index (χ2v) is 16.1. The monoisotopic (exact) mass is 672 g/mol.